The molecule has 0 bridgehead atoms. The SMILES string of the molecule is O=C(NCCCc1ncc[nH]1)c1cc2ccc(F)cc2s1. The summed E-state index contributed by atoms with van der Waals surface area (Å²) in [4.78, 5) is 19.8. The topological polar surface area (TPSA) is 57.8 Å². The van der Waals surface area contributed by atoms with Gasteiger partial charge in [-0.1, -0.05) is 6.07 Å². The lowest BCUT2D eigenvalue weighted by atomic mass is 10.2. The molecular weight excluding hydrogens is 289 g/mol. The summed E-state index contributed by atoms with van der Waals surface area (Å²) in [6.45, 7) is 0.585. The van der Waals surface area contributed by atoms with Gasteiger partial charge in [0.1, 0.15) is 11.6 Å². The van der Waals surface area contributed by atoms with Crippen LogP contribution in [0, 0.1) is 5.82 Å². The molecule has 0 radical (unpaired) electrons. The van der Waals surface area contributed by atoms with Crippen LogP contribution >= 0.6 is 11.3 Å². The van der Waals surface area contributed by atoms with E-state index in [2.05, 4.69) is 15.3 Å². The number of halogens is 1. The Morgan fingerprint density at radius 3 is 3.10 bits per heavy atom. The van der Waals surface area contributed by atoms with E-state index in [4.69, 9.17) is 0 Å². The van der Waals surface area contributed by atoms with E-state index in [-0.39, 0.29) is 11.7 Å². The summed E-state index contributed by atoms with van der Waals surface area (Å²) >= 11 is 1.30. The highest BCUT2D eigenvalue weighted by molar-refractivity contribution is 7.20. The van der Waals surface area contributed by atoms with E-state index >= 15 is 0 Å². The summed E-state index contributed by atoms with van der Waals surface area (Å²) in [5.41, 5.74) is 0. The highest BCUT2D eigenvalue weighted by atomic mass is 32.1. The molecule has 21 heavy (non-hydrogen) atoms. The van der Waals surface area contributed by atoms with Gasteiger partial charge in [0, 0.05) is 30.1 Å². The lowest BCUT2D eigenvalue weighted by Gasteiger charge is -2.02. The van der Waals surface area contributed by atoms with Gasteiger partial charge in [0.2, 0.25) is 0 Å². The molecule has 108 valence electrons. The minimum atomic E-state index is -0.283. The van der Waals surface area contributed by atoms with E-state index in [1.54, 1.807) is 24.5 Å². The normalized spacial score (nSPS) is 10.9. The molecule has 0 aliphatic heterocycles. The second kappa shape index (κ2) is 6.05. The lowest BCUT2D eigenvalue weighted by Crippen LogP contribution is -2.23. The van der Waals surface area contributed by atoms with Crippen LogP contribution < -0.4 is 5.32 Å². The van der Waals surface area contributed by atoms with E-state index in [1.807, 2.05) is 0 Å². The van der Waals surface area contributed by atoms with E-state index in [1.165, 1.54) is 23.5 Å². The minimum Gasteiger partial charge on any atom is -0.351 e. The van der Waals surface area contributed by atoms with E-state index in [9.17, 15) is 9.18 Å². The Kier molecular flexibility index (Phi) is 3.96. The van der Waals surface area contributed by atoms with Crippen molar-refractivity contribution in [3.63, 3.8) is 0 Å². The van der Waals surface area contributed by atoms with Crippen molar-refractivity contribution in [2.24, 2.45) is 0 Å². The molecule has 1 aromatic carbocycles. The summed E-state index contributed by atoms with van der Waals surface area (Å²) in [6, 6.07) is 6.34. The van der Waals surface area contributed by atoms with Crippen molar-refractivity contribution >= 4 is 27.3 Å². The third-order valence-electron chi connectivity index (χ3n) is 3.14. The van der Waals surface area contributed by atoms with Crippen LogP contribution in [0.2, 0.25) is 0 Å². The van der Waals surface area contributed by atoms with Crippen molar-refractivity contribution in [2.45, 2.75) is 12.8 Å². The van der Waals surface area contributed by atoms with Gasteiger partial charge in [-0.3, -0.25) is 4.79 Å². The number of hydrogen-bond donors (Lipinski definition) is 2. The molecule has 3 aromatic rings. The monoisotopic (exact) mass is 303 g/mol. The highest BCUT2D eigenvalue weighted by Gasteiger charge is 2.10. The van der Waals surface area contributed by atoms with Gasteiger partial charge in [-0.2, -0.15) is 0 Å². The van der Waals surface area contributed by atoms with Crippen LogP contribution in [0.5, 0.6) is 0 Å². The average Bonchev–Trinajstić information content (AvgIpc) is 3.11. The fraction of sp³-hybridized carbons (Fsp3) is 0.200. The van der Waals surface area contributed by atoms with Gasteiger partial charge in [-0.25, -0.2) is 9.37 Å². The van der Waals surface area contributed by atoms with Crippen LogP contribution in [0.4, 0.5) is 4.39 Å². The zero-order chi connectivity index (χ0) is 14.7. The molecule has 1 amide bonds. The molecule has 0 unspecified atom stereocenters. The number of benzene rings is 1. The summed E-state index contributed by atoms with van der Waals surface area (Å²) < 4.78 is 13.9. The Hall–Kier alpha value is -2.21. The Balaban J connectivity index is 1.56. The molecular formula is C15H14FN3OS. The van der Waals surface area contributed by atoms with E-state index < -0.39 is 0 Å². The molecule has 0 spiro atoms. The van der Waals surface area contributed by atoms with Gasteiger partial charge in [0.15, 0.2) is 0 Å². The zero-order valence-corrected chi connectivity index (χ0v) is 12.0. The van der Waals surface area contributed by atoms with Gasteiger partial charge < -0.3 is 10.3 Å². The van der Waals surface area contributed by atoms with Crippen LogP contribution in [-0.2, 0) is 6.42 Å². The Morgan fingerprint density at radius 1 is 1.38 bits per heavy atom. The quantitative estimate of drug-likeness (QED) is 0.711. The smallest absolute Gasteiger partial charge is 0.261 e. The number of thiophene rings is 1. The number of H-pyrrole nitrogens is 1. The van der Waals surface area contributed by atoms with Crippen LogP contribution in [0.3, 0.4) is 0 Å². The van der Waals surface area contributed by atoms with E-state index in [0.717, 1.165) is 28.8 Å². The number of aromatic amines is 1. The number of hydrogen-bond acceptors (Lipinski definition) is 3. The first-order valence-corrected chi connectivity index (χ1v) is 7.49. The number of nitrogens with one attached hydrogen (secondary N) is 2. The fourth-order valence-electron chi connectivity index (χ4n) is 2.10. The predicted octanol–water partition coefficient (Wildman–Crippen LogP) is 3.13. The number of amides is 1. The molecule has 0 saturated heterocycles. The molecule has 0 aliphatic rings. The van der Waals surface area contributed by atoms with Crippen molar-refractivity contribution in [1.29, 1.82) is 0 Å². The number of fused-ring (bicyclic) bond motifs is 1. The first-order chi connectivity index (χ1) is 10.2. The minimum absolute atomic E-state index is 0.115. The van der Waals surface area contributed by atoms with Gasteiger partial charge in [0.05, 0.1) is 4.88 Å². The van der Waals surface area contributed by atoms with Crippen molar-refractivity contribution in [3.8, 4) is 0 Å². The van der Waals surface area contributed by atoms with Crippen LogP contribution in [0.15, 0.2) is 36.7 Å². The van der Waals surface area contributed by atoms with Gasteiger partial charge in [-0.05, 0) is 30.0 Å². The molecule has 4 nitrogen and oxygen atoms in total. The van der Waals surface area contributed by atoms with Gasteiger partial charge in [-0.15, -0.1) is 11.3 Å². The summed E-state index contributed by atoms with van der Waals surface area (Å²) in [7, 11) is 0. The number of aromatic nitrogens is 2. The number of carbonyl (C=O) groups is 1. The van der Waals surface area contributed by atoms with Gasteiger partial charge >= 0.3 is 0 Å². The second-order valence-corrected chi connectivity index (χ2v) is 5.77. The molecule has 2 N–H and O–H groups in total. The Bertz CT molecular complexity index is 751. The Morgan fingerprint density at radius 2 is 2.29 bits per heavy atom. The maximum Gasteiger partial charge on any atom is 0.261 e. The summed E-state index contributed by atoms with van der Waals surface area (Å²) in [5, 5.41) is 3.76. The third-order valence-corrected chi connectivity index (χ3v) is 4.23. The molecule has 2 heterocycles. The van der Waals surface area contributed by atoms with Crippen LogP contribution in [0.25, 0.3) is 10.1 Å². The number of imidazole rings is 1. The van der Waals surface area contributed by atoms with Crippen molar-refractivity contribution in [2.75, 3.05) is 6.54 Å². The van der Waals surface area contributed by atoms with Crippen LogP contribution in [-0.4, -0.2) is 22.4 Å². The van der Waals surface area contributed by atoms with Crippen molar-refractivity contribution < 1.29 is 9.18 Å². The van der Waals surface area contributed by atoms with E-state index in [0.29, 0.717) is 11.4 Å². The molecule has 2 aromatic heterocycles. The standard InChI is InChI=1S/C15H14FN3OS/c16-11-4-3-10-8-13(21-12(10)9-11)15(20)19-5-1-2-14-17-6-7-18-14/h3-4,6-9H,1-2,5H2,(H,17,18)(H,19,20). The second-order valence-electron chi connectivity index (χ2n) is 4.69. The largest absolute Gasteiger partial charge is 0.351 e. The van der Waals surface area contributed by atoms with Crippen molar-refractivity contribution in [1.82, 2.24) is 15.3 Å². The third kappa shape index (κ3) is 3.28. The molecule has 0 aliphatic carbocycles. The lowest BCUT2D eigenvalue weighted by molar-refractivity contribution is 0.0957. The maximum absolute atomic E-state index is 13.1. The number of aryl methyl sites for hydroxylation is 1. The molecule has 3 rings (SSSR count). The molecule has 0 atom stereocenters. The first kappa shape index (κ1) is 13.8. The zero-order valence-electron chi connectivity index (χ0n) is 11.2. The average molecular weight is 303 g/mol. The summed E-state index contributed by atoms with van der Waals surface area (Å²) in [6.07, 6.45) is 5.11. The molecule has 6 heteroatoms. The fourth-order valence-corrected chi connectivity index (χ4v) is 3.10. The highest BCUT2D eigenvalue weighted by Crippen LogP contribution is 2.26. The van der Waals surface area contributed by atoms with Crippen LogP contribution in [0.1, 0.15) is 21.9 Å². The Labute approximate surface area is 125 Å². The number of nitrogens with zero attached hydrogens (tertiary/aromatic N) is 1. The van der Waals surface area contributed by atoms with Crippen molar-refractivity contribution in [3.05, 3.63) is 53.2 Å². The first-order valence-electron chi connectivity index (χ1n) is 6.68. The molecule has 0 fully saturated rings. The summed E-state index contributed by atoms with van der Waals surface area (Å²) in [5.74, 6) is 0.521. The molecule has 0 saturated carbocycles. The van der Waals surface area contributed by atoms with Gasteiger partial charge in [0.25, 0.3) is 5.91 Å². The number of rotatable bonds is 5. The number of carbonyl (C=O) groups excluding carboxylic acids is 1. The maximum atomic E-state index is 13.1. The predicted molar refractivity (Wildman–Crippen MR) is 81.0 cm³/mol.